The summed E-state index contributed by atoms with van der Waals surface area (Å²) >= 11 is 0. The van der Waals surface area contributed by atoms with Gasteiger partial charge in [0.05, 0.1) is 58.0 Å². The van der Waals surface area contributed by atoms with Gasteiger partial charge in [0.15, 0.2) is 11.2 Å². The molecule has 4 atom stereocenters. The number of carbonyl (C=O) groups is 1. The lowest BCUT2D eigenvalue weighted by Crippen LogP contribution is -2.37. The molecule has 1 aliphatic rings. The van der Waals surface area contributed by atoms with E-state index in [1.807, 2.05) is 66.7 Å². The van der Waals surface area contributed by atoms with Crippen molar-refractivity contribution in [3.63, 3.8) is 0 Å². The van der Waals surface area contributed by atoms with Crippen LogP contribution in [0.4, 0.5) is 5.95 Å². The number of fused-ring (bicyclic) bond motifs is 1. The van der Waals surface area contributed by atoms with Crippen molar-refractivity contribution in [2.24, 2.45) is 5.92 Å². The molecule has 3 aromatic carbocycles. The minimum Gasteiger partial charge on any atom is -0.497 e. The highest BCUT2D eigenvalue weighted by Crippen LogP contribution is 2.58. The lowest BCUT2D eigenvalue weighted by molar-refractivity contribution is -0.118. The van der Waals surface area contributed by atoms with Crippen molar-refractivity contribution in [1.82, 2.24) is 24.2 Å². The first-order chi connectivity index (χ1) is 28.4. The maximum absolute atomic E-state index is 13.4. The number of imidazole rings is 1. The van der Waals surface area contributed by atoms with Gasteiger partial charge in [0.2, 0.25) is 11.9 Å². The largest absolute Gasteiger partial charge is 0.497 e. The number of benzene rings is 3. The number of nitrogens with one attached hydrogen (secondary N) is 2. The molecule has 5 aromatic rings. The summed E-state index contributed by atoms with van der Waals surface area (Å²) in [6, 6.07) is 28.2. The van der Waals surface area contributed by atoms with E-state index in [4.69, 9.17) is 28.5 Å². The summed E-state index contributed by atoms with van der Waals surface area (Å²) < 4.78 is 36.3. The molecule has 0 aliphatic carbocycles. The highest BCUT2D eigenvalue weighted by molar-refractivity contribution is 7.50. The van der Waals surface area contributed by atoms with E-state index in [1.165, 1.54) is 0 Å². The molecule has 59 heavy (non-hydrogen) atoms. The van der Waals surface area contributed by atoms with Crippen molar-refractivity contribution in [1.29, 1.82) is 5.26 Å². The van der Waals surface area contributed by atoms with Crippen LogP contribution in [0.2, 0.25) is 0 Å². The Morgan fingerprint density at radius 1 is 0.966 bits per heavy atom. The Hall–Kier alpha value is -5.16. The van der Waals surface area contributed by atoms with Crippen LogP contribution in [0.3, 0.4) is 0 Å². The summed E-state index contributed by atoms with van der Waals surface area (Å²) in [5, 5.41) is 12.2. The maximum Gasteiger partial charge on any atom is 0.280 e. The molecule has 0 radical (unpaired) electrons. The molecule has 15 heteroatoms. The minimum absolute atomic E-state index is 0.0162. The van der Waals surface area contributed by atoms with Gasteiger partial charge in [-0.2, -0.15) is 10.2 Å². The monoisotopic (exact) mass is 823 g/mol. The summed E-state index contributed by atoms with van der Waals surface area (Å²) in [6.45, 7) is 12.4. The van der Waals surface area contributed by atoms with E-state index < -0.39 is 31.8 Å². The predicted molar refractivity (Wildman–Crippen MR) is 227 cm³/mol. The van der Waals surface area contributed by atoms with Crippen molar-refractivity contribution in [2.75, 3.05) is 32.8 Å². The molecule has 6 rings (SSSR count). The van der Waals surface area contributed by atoms with E-state index in [0.29, 0.717) is 17.9 Å². The zero-order valence-corrected chi connectivity index (χ0v) is 35.8. The number of amides is 1. The SMILES string of the molecule is COc1ccc(C(OC[C@@H]2C[C@@H](P(OCCC#N)N(C(C)C)C(C)C)[C@H](n3cnc4c(=O)[nH]c(NC(=O)C(C)C)nc43)O2)(c2ccccc2)c2ccc(OC)cc2)cc1. The minimum atomic E-state index is -1.42. The molecule has 2 N–H and O–H groups in total. The number of anilines is 1. The first-order valence-electron chi connectivity index (χ1n) is 19.9. The molecular formula is C44H54N7O7P. The van der Waals surface area contributed by atoms with Crippen LogP contribution in [0.25, 0.3) is 11.2 Å². The van der Waals surface area contributed by atoms with Crippen molar-refractivity contribution >= 4 is 31.3 Å². The summed E-state index contributed by atoms with van der Waals surface area (Å²) in [5.41, 5.74) is 1.17. The Labute approximate surface area is 346 Å². The molecule has 1 saturated heterocycles. The Balaban J connectivity index is 1.47. The standard InChI is InChI=1S/C44H54N7O7P/c1-28(2)40(52)48-43-47-39-38(41(53)49-43)46-27-50(39)42-37(59(57-24-12-23-45)51(29(3)4)30(5)6)25-36(58-42)26-56-44(31-13-10-9-11-14-31,32-15-19-34(54-7)20-16-32)33-17-21-35(55-8)22-18-33/h9-11,13-22,27-30,36-37,42H,12,24-26H2,1-8H3,(H2,47,48,49,52,53)/t36-,37+,42+,59?/m0/s1. The van der Waals surface area contributed by atoms with Crippen LogP contribution >= 0.6 is 8.30 Å². The van der Waals surface area contributed by atoms with Crippen molar-refractivity contribution < 1.29 is 28.3 Å². The summed E-state index contributed by atoms with van der Waals surface area (Å²) in [5.74, 6) is 0.816. The molecule has 1 amide bonds. The number of H-pyrrole nitrogens is 1. The van der Waals surface area contributed by atoms with E-state index in [-0.39, 0.29) is 66.3 Å². The highest BCUT2D eigenvalue weighted by Gasteiger charge is 2.48. The van der Waals surface area contributed by atoms with Crippen LogP contribution < -0.4 is 20.3 Å². The number of ether oxygens (including phenoxy) is 4. The fourth-order valence-corrected chi connectivity index (χ4v) is 10.3. The molecule has 0 saturated carbocycles. The van der Waals surface area contributed by atoms with Crippen LogP contribution in [0, 0.1) is 17.2 Å². The second kappa shape index (κ2) is 19.3. The fraction of sp³-hybridized carbons (Fsp3) is 0.432. The van der Waals surface area contributed by atoms with Crippen LogP contribution in [0.1, 0.15) is 77.3 Å². The quantitative estimate of drug-likeness (QED) is 0.0504. The lowest BCUT2D eigenvalue weighted by atomic mass is 9.80. The maximum atomic E-state index is 13.4. The molecule has 0 bridgehead atoms. The number of hydrogen-bond donors (Lipinski definition) is 2. The molecule has 2 aromatic heterocycles. The number of aromatic amines is 1. The first-order valence-corrected chi connectivity index (χ1v) is 21.2. The third kappa shape index (κ3) is 9.35. The third-order valence-corrected chi connectivity index (χ3v) is 13.2. The van der Waals surface area contributed by atoms with E-state index in [9.17, 15) is 14.9 Å². The fourth-order valence-electron chi connectivity index (χ4n) is 7.58. The normalized spacial score (nSPS) is 17.5. The second-order valence-corrected chi connectivity index (χ2v) is 17.2. The summed E-state index contributed by atoms with van der Waals surface area (Å²) in [6.07, 6.45) is 1.10. The number of hydrogen-bond acceptors (Lipinski definition) is 11. The predicted octanol–water partition coefficient (Wildman–Crippen LogP) is 7.76. The number of aromatic nitrogens is 4. The van der Waals surface area contributed by atoms with Crippen molar-refractivity contribution in [3.8, 4) is 17.6 Å². The number of nitriles is 1. The number of carbonyl (C=O) groups excluding carboxylic acids is 1. The highest BCUT2D eigenvalue weighted by atomic mass is 31.2. The van der Waals surface area contributed by atoms with Crippen LogP contribution in [-0.2, 0) is 24.4 Å². The molecule has 14 nitrogen and oxygen atoms in total. The van der Waals surface area contributed by atoms with Crippen LogP contribution in [-0.4, -0.2) is 81.4 Å². The van der Waals surface area contributed by atoms with Crippen LogP contribution in [0.15, 0.2) is 90.0 Å². The Morgan fingerprint density at radius 3 is 2.10 bits per heavy atom. The smallest absolute Gasteiger partial charge is 0.280 e. The van der Waals surface area contributed by atoms with Gasteiger partial charge < -0.3 is 23.5 Å². The Kier molecular flexibility index (Phi) is 14.2. The van der Waals surface area contributed by atoms with Gasteiger partial charge in [-0.15, -0.1) is 0 Å². The lowest BCUT2D eigenvalue weighted by Gasteiger charge is -2.41. The number of methoxy groups -OCH3 is 2. The Bertz CT molecular complexity index is 2200. The number of rotatable bonds is 18. The first kappa shape index (κ1) is 43.4. The second-order valence-electron chi connectivity index (χ2n) is 15.3. The Morgan fingerprint density at radius 2 is 1.56 bits per heavy atom. The van der Waals surface area contributed by atoms with Gasteiger partial charge in [0, 0.05) is 18.0 Å². The molecule has 1 unspecified atom stereocenters. The van der Waals surface area contributed by atoms with Crippen LogP contribution in [0.5, 0.6) is 11.5 Å². The van der Waals surface area contributed by atoms with E-state index in [1.54, 1.807) is 39.0 Å². The molecule has 1 fully saturated rings. The molecular weight excluding hydrogens is 769 g/mol. The summed E-state index contributed by atoms with van der Waals surface area (Å²) in [7, 11) is 1.86. The number of nitrogens with zero attached hydrogens (tertiary/aromatic N) is 5. The molecule has 1 aliphatic heterocycles. The van der Waals surface area contributed by atoms with Gasteiger partial charge in [-0.3, -0.25) is 29.1 Å². The zero-order valence-electron chi connectivity index (χ0n) is 34.9. The average molecular weight is 824 g/mol. The van der Waals surface area contributed by atoms with Gasteiger partial charge in [-0.25, -0.2) is 4.98 Å². The topological polar surface area (TPSA) is 166 Å². The van der Waals surface area contributed by atoms with E-state index in [2.05, 4.69) is 65.9 Å². The average Bonchev–Trinajstić information content (AvgIpc) is 3.86. The van der Waals surface area contributed by atoms with Gasteiger partial charge in [-0.05, 0) is 75.1 Å². The van der Waals surface area contributed by atoms with Crippen molar-refractivity contribution in [3.05, 3.63) is 112 Å². The van der Waals surface area contributed by atoms with Crippen molar-refractivity contribution in [2.45, 2.75) is 90.1 Å². The van der Waals surface area contributed by atoms with Gasteiger partial charge in [0.1, 0.15) is 31.6 Å². The van der Waals surface area contributed by atoms with Gasteiger partial charge in [-0.1, -0.05) is 68.4 Å². The summed E-state index contributed by atoms with van der Waals surface area (Å²) in [4.78, 5) is 37.9. The molecule has 312 valence electrons. The third-order valence-electron chi connectivity index (χ3n) is 10.3. The van der Waals surface area contributed by atoms with E-state index >= 15 is 0 Å². The zero-order chi connectivity index (χ0) is 42.3. The van der Waals surface area contributed by atoms with E-state index in [0.717, 1.165) is 16.7 Å². The van der Waals surface area contributed by atoms with Gasteiger partial charge >= 0.3 is 0 Å². The molecule has 0 spiro atoms. The molecule has 3 heterocycles. The van der Waals surface area contributed by atoms with Gasteiger partial charge in [0.25, 0.3) is 5.56 Å².